The predicted molar refractivity (Wildman–Crippen MR) is 109 cm³/mol. The third kappa shape index (κ3) is 5.01. The van der Waals surface area contributed by atoms with E-state index >= 15 is 0 Å². The Balaban J connectivity index is 1.77. The van der Waals surface area contributed by atoms with Gasteiger partial charge in [0.15, 0.2) is 0 Å². The van der Waals surface area contributed by atoms with Gasteiger partial charge in [0.1, 0.15) is 11.6 Å². The van der Waals surface area contributed by atoms with Crippen LogP contribution in [-0.4, -0.2) is 62.6 Å². The quantitative estimate of drug-likeness (QED) is 0.801. The Morgan fingerprint density at radius 1 is 1.18 bits per heavy atom. The first-order valence-electron chi connectivity index (χ1n) is 9.27. The molecular weight excluding hydrogens is 381 g/mol. The second-order valence-electron chi connectivity index (χ2n) is 6.96. The van der Waals surface area contributed by atoms with E-state index in [0.29, 0.717) is 22.9 Å². The van der Waals surface area contributed by atoms with Crippen LogP contribution in [-0.2, 0) is 0 Å². The third-order valence-electron chi connectivity index (χ3n) is 5.10. The molecule has 0 saturated carbocycles. The smallest absolute Gasteiger partial charge is 0.255 e. The van der Waals surface area contributed by atoms with E-state index in [4.69, 9.17) is 16.3 Å². The fourth-order valence-corrected chi connectivity index (χ4v) is 3.59. The molecule has 7 heteroatoms. The number of nitrogens with zero attached hydrogens (tertiary/aromatic N) is 2. The molecule has 1 aliphatic heterocycles. The summed E-state index contributed by atoms with van der Waals surface area (Å²) in [6.45, 7) is 4.08. The molecule has 150 valence electrons. The molecule has 1 saturated heterocycles. The van der Waals surface area contributed by atoms with Crippen molar-refractivity contribution in [1.82, 2.24) is 15.1 Å². The molecule has 0 unspecified atom stereocenters. The van der Waals surface area contributed by atoms with Gasteiger partial charge in [-0.05, 0) is 42.9 Å². The van der Waals surface area contributed by atoms with Gasteiger partial charge in [0, 0.05) is 37.7 Å². The zero-order chi connectivity index (χ0) is 20.1. The minimum Gasteiger partial charge on any atom is -0.496 e. The number of carbonyl (C=O) groups excluding carboxylic acids is 1. The number of amides is 1. The van der Waals surface area contributed by atoms with Crippen molar-refractivity contribution >= 4 is 17.5 Å². The van der Waals surface area contributed by atoms with Gasteiger partial charge in [-0.2, -0.15) is 0 Å². The number of ether oxygens (including phenoxy) is 1. The maximum Gasteiger partial charge on any atom is 0.255 e. The molecule has 28 heavy (non-hydrogen) atoms. The first kappa shape index (κ1) is 20.6. The molecule has 0 aromatic heterocycles. The van der Waals surface area contributed by atoms with Crippen LogP contribution in [0.15, 0.2) is 42.5 Å². The van der Waals surface area contributed by atoms with Crippen LogP contribution >= 0.6 is 11.6 Å². The number of hydrogen-bond acceptors (Lipinski definition) is 4. The molecule has 2 aromatic rings. The summed E-state index contributed by atoms with van der Waals surface area (Å²) >= 11 is 6.04. The largest absolute Gasteiger partial charge is 0.496 e. The number of methoxy groups -OCH3 is 1. The van der Waals surface area contributed by atoms with Gasteiger partial charge in [-0.15, -0.1) is 0 Å². The normalized spacial score (nSPS) is 16.6. The van der Waals surface area contributed by atoms with Crippen molar-refractivity contribution in [3.8, 4) is 5.75 Å². The molecule has 1 heterocycles. The van der Waals surface area contributed by atoms with Crippen LogP contribution in [0.1, 0.15) is 22.0 Å². The molecule has 2 aromatic carbocycles. The van der Waals surface area contributed by atoms with Crippen molar-refractivity contribution < 1.29 is 13.9 Å². The molecule has 1 N–H and O–H groups in total. The van der Waals surface area contributed by atoms with Crippen LogP contribution in [0.2, 0.25) is 5.02 Å². The van der Waals surface area contributed by atoms with E-state index in [0.717, 1.165) is 31.7 Å². The highest BCUT2D eigenvalue weighted by Gasteiger charge is 2.25. The summed E-state index contributed by atoms with van der Waals surface area (Å²) in [5.41, 5.74) is 1.37. The van der Waals surface area contributed by atoms with Crippen molar-refractivity contribution in [1.29, 1.82) is 0 Å². The lowest BCUT2D eigenvalue weighted by atomic mass is 10.0. The number of carbonyl (C=O) groups is 1. The minimum absolute atomic E-state index is 0.0385. The molecular formula is C21H25ClFN3O2. The number of rotatable bonds is 6. The zero-order valence-electron chi connectivity index (χ0n) is 16.1. The van der Waals surface area contributed by atoms with E-state index < -0.39 is 0 Å². The SMILES string of the molecule is COc1ccc(Cl)cc1C(=O)NC[C@H](c1ccc(F)cc1)N1CCN(C)CC1. The van der Waals surface area contributed by atoms with Crippen molar-refractivity contribution in [2.24, 2.45) is 0 Å². The Morgan fingerprint density at radius 3 is 2.50 bits per heavy atom. The van der Waals surface area contributed by atoms with E-state index in [2.05, 4.69) is 22.2 Å². The molecule has 1 atom stereocenters. The topological polar surface area (TPSA) is 44.8 Å². The van der Waals surface area contributed by atoms with Gasteiger partial charge in [-0.1, -0.05) is 23.7 Å². The average molecular weight is 406 g/mol. The summed E-state index contributed by atoms with van der Waals surface area (Å²) in [5.74, 6) is -0.0472. The number of likely N-dealkylation sites (N-methyl/N-ethyl adjacent to an activating group) is 1. The molecule has 5 nitrogen and oxygen atoms in total. The number of piperazine rings is 1. The number of nitrogens with one attached hydrogen (secondary N) is 1. The first-order valence-corrected chi connectivity index (χ1v) is 9.65. The van der Waals surface area contributed by atoms with Gasteiger partial charge >= 0.3 is 0 Å². The van der Waals surface area contributed by atoms with E-state index in [-0.39, 0.29) is 17.8 Å². The highest BCUT2D eigenvalue weighted by molar-refractivity contribution is 6.31. The number of hydrogen-bond donors (Lipinski definition) is 1. The lowest BCUT2D eigenvalue weighted by Gasteiger charge is -2.38. The van der Waals surface area contributed by atoms with Gasteiger partial charge in [-0.25, -0.2) is 4.39 Å². The highest BCUT2D eigenvalue weighted by Crippen LogP contribution is 2.24. The standard InChI is InChI=1S/C21H25ClFN3O2/c1-25-9-11-26(12-10-25)19(15-3-6-17(23)7-4-15)14-24-21(27)18-13-16(22)5-8-20(18)28-2/h3-8,13,19H,9-12,14H2,1-2H3,(H,24,27)/t19-/m1/s1. The molecule has 0 aliphatic carbocycles. The lowest BCUT2D eigenvalue weighted by Crippen LogP contribution is -2.48. The van der Waals surface area contributed by atoms with E-state index in [1.54, 1.807) is 30.3 Å². The second kappa shape index (κ2) is 9.37. The summed E-state index contributed by atoms with van der Waals surface area (Å²) in [6, 6.07) is 11.4. The summed E-state index contributed by atoms with van der Waals surface area (Å²) < 4.78 is 18.7. The molecule has 1 aliphatic rings. The zero-order valence-corrected chi connectivity index (χ0v) is 16.9. The van der Waals surface area contributed by atoms with Crippen molar-refractivity contribution in [2.75, 3.05) is 46.9 Å². The van der Waals surface area contributed by atoms with Crippen LogP contribution in [0, 0.1) is 5.82 Å². The Morgan fingerprint density at radius 2 is 1.86 bits per heavy atom. The predicted octanol–water partition coefficient (Wildman–Crippen LogP) is 3.21. The highest BCUT2D eigenvalue weighted by atomic mass is 35.5. The summed E-state index contributed by atoms with van der Waals surface area (Å²) in [4.78, 5) is 17.4. The van der Waals surface area contributed by atoms with E-state index in [1.807, 2.05) is 0 Å². The average Bonchev–Trinajstić information content (AvgIpc) is 2.70. The Bertz CT molecular complexity index is 808. The number of benzene rings is 2. The van der Waals surface area contributed by atoms with Crippen molar-refractivity contribution in [3.05, 3.63) is 64.4 Å². The monoisotopic (exact) mass is 405 g/mol. The summed E-state index contributed by atoms with van der Waals surface area (Å²) in [5, 5.41) is 3.47. The summed E-state index contributed by atoms with van der Waals surface area (Å²) in [6.07, 6.45) is 0. The maximum atomic E-state index is 13.4. The maximum absolute atomic E-state index is 13.4. The van der Waals surface area contributed by atoms with Crippen molar-refractivity contribution in [3.63, 3.8) is 0 Å². The van der Waals surface area contributed by atoms with Crippen LogP contribution < -0.4 is 10.1 Å². The van der Waals surface area contributed by atoms with E-state index in [9.17, 15) is 9.18 Å². The van der Waals surface area contributed by atoms with Gasteiger partial charge in [0.25, 0.3) is 5.91 Å². The molecule has 1 fully saturated rings. The Hall–Kier alpha value is -2.15. The first-order chi connectivity index (χ1) is 13.5. The second-order valence-corrected chi connectivity index (χ2v) is 7.40. The van der Waals surface area contributed by atoms with Gasteiger partial charge in [0.2, 0.25) is 0 Å². The third-order valence-corrected chi connectivity index (χ3v) is 5.33. The molecule has 1 amide bonds. The molecule has 0 radical (unpaired) electrons. The lowest BCUT2D eigenvalue weighted by molar-refractivity contribution is 0.0883. The Kier molecular flexibility index (Phi) is 6.88. The van der Waals surface area contributed by atoms with Gasteiger partial charge in [0.05, 0.1) is 18.7 Å². The fraction of sp³-hybridized carbons (Fsp3) is 0.381. The Labute approximate surface area is 170 Å². The van der Waals surface area contributed by atoms with Crippen LogP contribution in [0.5, 0.6) is 5.75 Å². The van der Waals surface area contributed by atoms with Gasteiger partial charge in [-0.3, -0.25) is 9.69 Å². The fourth-order valence-electron chi connectivity index (χ4n) is 3.42. The molecule has 0 bridgehead atoms. The van der Waals surface area contributed by atoms with Crippen LogP contribution in [0.3, 0.4) is 0 Å². The van der Waals surface area contributed by atoms with Gasteiger partial charge < -0.3 is 15.0 Å². The van der Waals surface area contributed by atoms with Crippen LogP contribution in [0.4, 0.5) is 4.39 Å². The summed E-state index contributed by atoms with van der Waals surface area (Å²) in [7, 11) is 3.61. The van der Waals surface area contributed by atoms with E-state index in [1.165, 1.54) is 19.2 Å². The van der Waals surface area contributed by atoms with Crippen LogP contribution in [0.25, 0.3) is 0 Å². The molecule has 3 rings (SSSR count). The number of halogens is 2. The minimum atomic E-state index is -0.270. The molecule has 0 spiro atoms. The van der Waals surface area contributed by atoms with Crippen molar-refractivity contribution in [2.45, 2.75) is 6.04 Å².